The van der Waals surface area contributed by atoms with Crippen LogP contribution in [0.2, 0.25) is 0 Å². The zero-order chi connectivity index (χ0) is 12.0. The van der Waals surface area contributed by atoms with Crippen LogP contribution in [0.4, 0.5) is 11.8 Å². The van der Waals surface area contributed by atoms with Crippen LogP contribution in [0.5, 0.6) is 5.88 Å². The fourth-order valence-corrected chi connectivity index (χ4v) is 1.25. The van der Waals surface area contributed by atoms with Gasteiger partial charge in [0, 0.05) is 12.6 Å². The minimum absolute atomic E-state index is 0.217. The van der Waals surface area contributed by atoms with Crippen molar-refractivity contribution in [3.63, 3.8) is 0 Å². The molecule has 0 aromatic carbocycles. The molecule has 16 heavy (non-hydrogen) atoms. The van der Waals surface area contributed by atoms with Crippen molar-refractivity contribution in [1.29, 1.82) is 0 Å². The van der Waals surface area contributed by atoms with Gasteiger partial charge in [-0.15, -0.1) is 0 Å². The third-order valence-corrected chi connectivity index (χ3v) is 2.02. The third kappa shape index (κ3) is 4.31. The van der Waals surface area contributed by atoms with E-state index in [4.69, 9.17) is 10.5 Å². The molecule has 0 fully saturated rings. The van der Waals surface area contributed by atoms with Crippen LogP contribution in [0.15, 0.2) is 6.07 Å². The highest BCUT2D eigenvalue weighted by molar-refractivity contribution is 5.42. The van der Waals surface area contributed by atoms with E-state index in [2.05, 4.69) is 20.2 Å². The number of hydrogen-bond acceptors (Lipinski definition) is 6. The Labute approximate surface area is 95.8 Å². The number of nitrogens with zero attached hydrogens (tertiary/aromatic N) is 3. The highest BCUT2D eigenvalue weighted by Gasteiger charge is 2.01. The number of nitrogens with one attached hydrogen (secondary N) is 1. The molecular formula is C10H19N5O. The van der Waals surface area contributed by atoms with Gasteiger partial charge in [-0.3, -0.25) is 0 Å². The minimum Gasteiger partial charge on any atom is -0.481 e. The van der Waals surface area contributed by atoms with Crippen LogP contribution in [-0.4, -0.2) is 49.2 Å². The Morgan fingerprint density at radius 1 is 1.44 bits per heavy atom. The lowest BCUT2D eigenvalue weighted by molar-refractivity contribution is 0.397. The monoisotopic (exact) mass is 225 g/mol. The standard InChI is InChI=1S/C10H19N5O/c1-15(2)6-4-5-12-8-7-9(16-3)14-10(11)13-8/h7H,4-6H2,1-3H3,(H3,11,12,13,14). The fourth-order valence-electron chi connectivity index (χ4n) is 1.25. The Balaban J connectivity index is 2.44. The summed E-state index contributed by atoms with van der Waals surface area (Å²) in [4.78, 5) is 10.1. The van der Waals surface area contributed by atoms with E-state index in [9.17, 15) is 0 Å². The second kappa shape index (κ2) is 6.12. The van der Waals surface area contributed by atoms with Crippen LogP contribution in [0.3, 0.4) is 0 Å². The molecule has 0 bridgehead atoms. The summed E-state index contributed by atoms with van der Waals surface area (Å²) in [7, 11) is 5.65. The minimum atomic E-state index is 0.217. The van der Waals surface area contributed by atoms with Crippen molar-refractivity contribution in [3.05, 3.63) is 6.07 Å². The predicted octanol–water partition coefficient (Wildman–Crippen LogP) is 0.431. The molecule has 6 heteroatoms. The van der Waals surface area contributed by atoms with Crippen LogP contribution >= 0.6 is 0 Å². The summed E-state index contributed by atoms with van der Waals surface area (Å²) in [5, 5.41) is 3.18. The Morgan fingerprint density at radius 2 is 2.19 bits per heavy atom. The molecule has 0 aliphatic heterocycles. The zero-order valence-corrected chi connectivity index (χ0v) is 10.0. The lowest BCUT2D eigenvalue weighted by Gasteiger charge is -2.10. The summed E-state index contributed by atoms with van der Waals surface area (Å²) in [6.07, 6.45) is 1.04. The predicted molar refractivity (Wildman–Crippen MR) is 64.7 cm³/mol. The molecule has 1 heterocycles. The van der Waals surface area contributed by atoms with E-state index >= 15 is 0 Å². The van der Waals surface area contributed by atoms with Gasteiger partial charge in [-0.2, -0.15) is 9.97 Å². The molecule has 90 valence electrons. The maximum Gasteiger partial charge on any atom is 0.225 e. The van der Waals surface area contributed by atoms with Crippen LogP contribution < -0.4 is 15.8 Å². The Hall–Kier alpha value is -1.56. The van der Waals surface area contributed by atoms with Crippen molar-refractivity contribution in [3.8, 4) is 5.88 Å². The second-order valence-corrected chi connectivity index (χ2v) is 3.74. The zero-order valence-electron chi connectivity index (χ0n) is 10.0. The molecule has 0 unspecified atom stereocenters. The maximum atomic E-state index is 5.54. The maximum absolute atomic E-state index is 5.54. The number of aromatic nitrogens is 2. The molecule has 3 N–H and O–H groups in total. The van der Waals surface area contributed by atoms with Gasteiger partial charge in [0.1, 0.15) is 5.82 Å². The van der Waals surface area contributed by atoms with Gasteiger partial charge in [-0.05, 0) is 27.1 Å². The average molecular weight is 225 g/mol. The highest BCUT2D eigenvalue weighted by Crippen LogP contribution is 2.13. The topological polar surface area (TPSA) is 76.3 Å². The molecule has 1 aromatic heterocycles. The number of ether oxygens (including phenoxy) is 1. The molecule has 0 spiro atoms. The Bertz CT molecular complexity index is 329. The van der Waals surface area contributed by atoms with Gasteiger partial charge < -0.3 is 20.7 Å². The van der Waals surface area contributed by atoms with Gasteiger partial charge in [-0.25, -0.2) is 0 Å². The van der Waals surface area contributed by atoms with Crippen molar-refractivity contribution >= 4 is 11.8 Å². The molecule has 0 aliphatic carbocycles. The summed E-state index contributed by atoms with van der Waals surface area (Å²) in [6, 6.07) is 1.73. The summed E-state index contributed by atoms with van der Waals surface area (Å²) in [5.41, 5.74) is 5.54. The van der Waals surface area contributed by atoms with Crippen molar-refractivity contribution in [2.45, 2.75) is 6.42 Å². The van der Waals surface area contributed by atoms with E-state index in [1.807, 2.05) is 14.1 Å². The Morgan fingerprint density at radius 3 is 2.81 bits per heavy atom. The molecule has 0 saturated heterocycles. The van der Waals surface area contributed by atoms with Crippen molar-refractivity contribution in [1.82, 2.24) is 14.9 Å². The molecule has 0 radical (unpaired) electrons. The normalized spacial score (nSPS) is 10.5. The van der Waals surface area contributed by atoms with E-state index in [0.29, 0.717) is 11.7 Å². The van der Waals surface area contributed by atoms with Gasteiger partial charge in [0.2, 0.25) is 11.8 Å². The average Bonchev–Trinajstić information content (AvgIpc) is 2.23. The van der Waals surface area contributed by atoms with Gasteiger partial charge in [-0.1, -0.05) is 0 Å². The molecule has 6 nitrogen and oxygen atoms in total. The molecule has 1 aromatic rings. The lowest BCUT2D eigenvalue weighted by atomic mass is 10.4. The first kappa shape index (κ1) is 12.5. The smallest absolute Gasteiger partial charge is 0.225 e. The first-order chi connectivity index (χ1) is 7.61. The SMILES string of the molecule is COc1cc(NCCCN(C)C)nc(N)n1. The molecular weight excluding hydrogens is 206 g/mol. The lowest BCUT2D eigenvalue weighted by Crippen LogP contribution is -2.16. The van der Waals surface area contributed by atoms with Crippen molar-refractivity contribution in [2.75, 3.05) is 45.3 Å². The number of methoxy groups -OCH3 is 1. The molecule has 0 saturated carbocycles. The van der Waals surface area contributed by atoms with Crippen LogP contribution in [0, 0.1) is 0 Å². The van der Waals surface area contributed by atoms with Crippen LogP contribution in [0.1, 0.15) is 6.42 Å². The molecule has 0 amide bonds. The first-order valence-electron chi connectivity index (χ1n) is 5.19. The summed E-state index contributed by atoms with van der Waals surface area (Å²) < 4.78 is 5.00. The van der Waals surface area contributed by atoms with Crippen LogP contribution in [-0.2, 0) is 0 Å². The number of rotatable bonds is 6. The van der Waals surface area contributed by atoms with Gasteiger partial charge in [0.15, 0.2) is 0 Å². The van der Waals surface area contributed by atoms with E-state index in [0.717, 1.165) is 19.5 Å². The van der Waals surface area contributed by atoms with E-state index in [-0.39, 0.29) is 5.95 Å². The van der Waals surface area contributed by atoms with Crippen LogP contribution in [0.25, 0.3) is 0 Å². The molecule has 0 atom stereocenters. The van der Waals surface area contributed by atoms with E-state index < -0.39 is 0 Å². The number of nitrogens with two attached hydrogens (primary N) is 1. The number of nitrogen functional groups attached to an aromatic ring is 1. The highest BCUT2D eigenvalue weighted by atomic mass is 16.5. The van der Waals surface area contributed by atoms with Gasteiger partial charge in [0.25, 0.3) is 0 Å². The first-order valence-corrected chi connectivity index (χ1v) is 5.19. The largest absolute Gasteiger partial charge is 0.481 e. The van der Waals surface area contributed by atoms with E-state index in [1.165, 1.54) is 0 Å². The summed E-state index contributed by atoms with van der Waals surface area (Å²) >= 11 is 0. The van der Waals surface area contributed by atoms with Gasteiger partial charge in [0.05, 0.1) is 7.11 Å². The van der Waals surface area contributed by atoms with E-state index in [1.54, 1.807) is 13.2 Å². The Kier molecular flexibility index (Phi) is 4.78. The quantitative estimate of drug-likeness (QED) is 0.684. The number of hydrogen-bond donors (Lipinski definition) is 2. The fraction of sp³-hybridized carbons (Fsp3) is 0.600. The molecule has 1 rings (SSSR count). The van der Waals surface area contributed by atoms with Gasteiger partial charge >= 0.3 is 0 Å². The summed E-state index contributed by atoms with van der Waals surface area (Å²) in [5.74, 6) is 1.39. The third-order valence-electron chi connectivity index (χ3n) is 2.02. The van der Waals surface area contributed by atoms with Crippen molar-refractivity contribution < 1.29 is 4.74 Å². The number of anilines is 2. The molecule has 0 aliphatic rings. The second-order valence-electron chi connectivity index (χ2n) is 3.74. The van der Waals surface area contributed by atoms with Crippen molar-refractivity contribution in [2.24, 2.45) is 0 Å². The summed E-state index contributed by atoms with van der Waals surface area (Å²) in [6.45, 7) is 1.88.